The van der Waals surface area contributed by atoms with E-state index in [0.717, 1.165) is 32.5 Å². The molecule has 0 bridgehead atoms. The van der Waals surface area contributed by atoms with Crippen molar-refractivity contribution < 1.29 is 19.4 Å². The molecule has 0 saturated carbocycles. The highest BCUT2D eigenvalue weighted by molar-refractivity contribution is 7.22. The number of hydrogen-bond donors (Lipinski definition) is 1. The van der Waals surface area contributed by atoms with Gasteiger partial charge < -0.3 is 9.84 Å². The van der Waals surface area contributed by atoms with Crippen LogP contribution in [0, 0.1) is 20.8 Å². The summed E-state index contributed by atoms with van der Waals surface area (Å²) in [5, 5.41) is 11.8. The van der Waals surface area contributed by atoms with Crippen molar-refractivity contribution in [3.63, 3.8) is 0 Å². The Morgan fingerprint density at radius 3 is 2.38 bits per heavy atom. The molecular weight excluding hydrogens is 484 g/mol. The van der Waals surface area contributed by atoms with Gasteiger partial charge in [0.15, 0.2) is 5.13 Å². The van der Waals surface area contributed by atoms with Crippen LogP contribution < -0.4 is 9.64 Å². The SMILES string of the molecule is Cc1cccc(C2/C(=C(\O)c3ccc(OC(C)C)cc3)C(=O)C(=O)N2c2nc3cc(C)c(C)cc3s2)c1. The Balaban J connectivity index is 1.67. The molecule has 1 N–H and O–H groups in total. The van der Waals surface area contributed by atoms with Gasteiger partial charge in [-0.15, -0.1) is 0 Å². The molecule has 0 radical (unpaired) electrons. The maximum absolute atomic E-state index is 13.5. The van der Waals surface area contributed by atoms with E-state index in [-0.39, 0.29) is 17.4 Å². The molecule has 1 aliphatic heterocycles. The van der Waals surface area contributed by atoms with Gasteiger partial charge in [-0.25, -0.2) is 4.98 Å². The second kappa shape index (κ2) is 9.48. The lowest BCUT2D eigenvalue weighted by atomic mass is 9.94. The van der Waals surface area contributed by atoms with Gasteiger partial charge in [0.1, 0.15) is 11.5 Å². The zero-order valence-corrected chi connectivity index (χ0v) is 22.2. The van der Waals surface area contributed by atoms with Crippen LogP contribution in [0.5, 0.6) is 5.75 Å². The van der Waals surface area contributed by atoms with E-state index < -0.39 is 17.7 Å². The number of anilines is 1. The molecule has 1 amide bonds. The van der Waals surface area contributed by atoms with Crippen LogP contribution in [0.25, 0.3) is 16.0 Å². The lowest BCUT2D eigenvalue weighted by Crippen LogP contribution is -2.29. The van der Waals surface area contributed by atoms with Crippen molar-refractivity contribution in [3.8, 4) is 5.75 Å². The lowest BCUT2D eigenvalue weighted by Gasteiger charge is -2.23. The molecule has 4 aromatic rings. The Kier molecular flexibility index (Phi) is 6.33. The number of carbonyl (C=O) groups excluding carboxylic acids is 2. The molecule has 6 nitrogen and oxygen atoms in total. The summed E-state index contributed by atoms with van der Waals surface area (Å²) in [6, 6.07) is 17.7. The number of nitrogens with zero attached hydrogens (tertiary/aromatic N) is 2. The first-order valence-electron chi connectivity index (χ1n) is 12.2. The van der Waals surface area contributed by atoms with Gasteiger partial charge in [-0.3, -0.25) is 14.5 Å². The maximum atomic E-state index is 13.5. The number of amides is 1. The molecule has 2 heterocycles. The summed E-state index contributed by atoms with van der Waals surface area (Å²) in [5.41, 5.74) is 5.19. The van der Waals surface area contributed by atoms with Crippen molar-refractivity contribution in [2.75, 3.05) is 4.90 Å². The molecule has 1 aliphatic rings. The Hall–Kier alpha value is -3.97. The first-order chi connectivity index (χ1) is 17.6. The highest BCUT2D eigenvalue weighted by Crippen LogP contribution is 2.44. The zero-order chi connectivity index (χ0) is 26.4. The van der Waals surface area contributed by atoms with Crippen LogP contribution in [0.1, 0.15) is 47.7 Å². The van der Waals surface area contributed by atoms with Crippen LogP contribution in [0.2, 0.25) is 0 Å². The summed E-state index contributed by atoms with van der Waals surface area (Å²) in [4.78, 5) is 33.1. The van der Waals surface area contributed by atoms with Crippen molar-refractivity contribution in [1.29, 1.82) is 0 Å². The number of aliphatic hydroxyl groups is 1. The van der Waals surface area contributed by atoms with Crippen molar-refractivity contribution in [1.82, 2.24) is 4.98 Å². The molecule has 188 valence electrons. The number of ether oxygens (including phenoxy) is 1. The fourth-order valence-electron chi connectivity index (χ4n) is 4.58. The van der Waals surface area contributed by atoms with E-state index in [0.29, 0.717) is 16.4 Å². The number of aliphatic hydroxyl groups excluding tert-OH is 1. The topological polar surface area (TPSA) is 79.7 Å². The molecule has 0 aliphatic carbocycles. The third-order valence-corrected chi connectivity index (χ3v) is 7.52. The normalized spacial score (nSPS) is 17.2. The van der Waals surface area contributed by atoms with Crippen LogP contribution in [-0.4, -0.2) is 27.9 Å². The second-order valence-electron chi connectivity index (χ2n) is 9.67. The highest BCUT2D eigenvalue weighted by Gasteiger charge is 2.48. The molecule has 1 saturated heterocycles. The molecule has 1 unspecified atom stereocenters. The number of aromatic nitrogens is 1. The number of thiazole rings is 1. The predicted molar refractivity (Wildman–Crippen MR) is 147 cm³/mol. The van der Waals surface area contributed by atoms with Crippen molar-refractivity contribution in [2.24, 2.45) is 0 Å². The van der Waals surface area contributed by atoms with Gasteiger partial charge in [0, 0.05) is 5.56 Å². The molecule has 3 aromatic carbocycles. The predicted octanol–water partition coefficient (Wildman–Crippen LogP) is 6.64. The second-order valence-corrected chi connectivity index (χ2v) is 10.7. The van der Waals surface area contributed by atoms with Crippen LogP contribution in [0.15, 0.2) is 66.2 Å². The van der Waals surface area contributed by atoms with Crippen LogP contribution >= 0.6 is 11.3 Å². The maximum Gasteiger partial charge on any atom is 0.301 e. The Morgan fingerprint density at radius 1 is 1.00 bits per heavy atom. The quantitative estimate of drug-likeness (QED) is 0.184. The number of fused-ring (bicyclic) bond motifs is 1. The summed E-state index contributed by atoms with van der Waals surface area (Å²) in [6.45, 7) is 9.87. The largest absolute Gasteiger partial charge is 0.507 e. The smallest absolute Gasteiger partial charge is 0.301 e. The molecule has 1 fully saturated rings. The van der Waals surface area contributed by atoms with Gasteiger partial charge in [0.25, 0.3) is 5.78 Å². The van der Waals surface area contributed by atoms with E-state index in [1.165, 1.54) is 16.2 Å². The van der Waals surface area contributed by atoms with Gasteiger partial charge in [0.05, 0.1) is 27.9 Å². The van der Waals surface area contributed by atoms with Crippen molar-refractivity contribution in [2.45, 2.75) is 46.8 Å². The van der Waals surface area contributed by atoms with E-state index in [4.69, 9.17) is 9.72 Å². The summed E-state index contributed by atoms with van der Waals surface area (Å²) >= 11 is 1.36. The van der Waals surface area contributed by atoms with Crippen LogP contribution in [-0.2, 0) is 9.59 Å². The fraction of sp³-hybridized carbons (Fsp3) is 0.233. The molecule has 5 rings (SSSR count). The van der Waals surface area contributed by atoms with Gasteiger partial charge in [-0.05, 0) is 87.7 Å². The van der Waals surface area contributed by atoms with Crippen LogP contribution in [0.4, 0.5) is 5.13 Å². The summed E-state index contributed by atoms with van der Waals surface area (Å²) < 4.78 is 6.64. The van der Waals surface area contributed by atoms with Gasteiger partial charge >= 0.3 is 5.91 Å². The number of benzene rings is 3. The van der Waals surface area contributed by atoms with Gasteiger partial charge in [-0.2, -0.15) is 0 Å². The molecule has 37 heavy (non-hydrogen) atoms. The summed E-state index contributed by atoms with van der Waals surface area (Å²) in [6.07, 6.45) is 0.00692. The third kappa shape index (κ3) is 4.51. The Labute approximate surface area is 219 Å². The summed E-state index contributed by atoms with van der Waals surface area (Å²) in [7, 11) is 0. The zero-order valence-electron chi connectivity index (χ0n) is 21.4. The highest BCUT2D eigenvalue weighted by atomic mass is 32.1. The Bertz CT molecular complexity index is 1530. The molecule has 1 aromatic heterocycles. The van der Waals surface area contributed by atoms with Crippen molar-refractivity contribution >= 4 is 44.1 Å². The number of rotatable bonds is 5. The minimum Gasteiger partial charge on any atom is -0.507 e. The molecule has 7 heteroatoms. The molecular formula is C30H28N2O4S. The molecule has 1 atom stereocenters. The van der Waals surface area contributed by atoms with E-state index in [2.05, 4.69) is 0 Å². The third-order valence-electron chi connectivity index (χ3n) is 6.50. The average molecular weight is 513 g/mol. The van der Waals surface area contributed by atoms with E-state index in [1.807, 2.05) is 71.0 Å². The molecule has 0 spiro atoms. The first-order valence-corrected chi connectivity index (χ1v) is 13.0. The van der Waals surface area contributed by atoms with E-state index in [1.54, 1.807) is 24.3 Å². The number of ketones is 1. The summed E-state index contributed by atoms with van der Waals surface area (Å²) in [5.74, 6) is -1.02. The monoisotopic (exact) mass is 512 g/mol. The van der Waals surface area contributed by atoms with E-state index >= 15 is 0 Å². The standard InChI is InChI=1S/C30H28N2O4S/c1-16(2)36-22-11-9-20(10-12-22)27(33)25-26(21-8-6-7-17(3)13-21)32(29(35)28(25)34)30-31-23-14-18(4)19(5)15-24(23)37-30/h6-16,26,33H,1-5H3/b27-25+. The number of Topliss-reactive ketones (excluding diaryl/α,β-unsaturated/α-hetero) is 1. The number of hydrogen-bond acceptors (Lipinski definition) is 6. The van der Waals surface area contributed by atoms with Gasteiger partial charge in [0.2, 0.25) is 0 Å². The fourth-order valence-corrected chi connectivity index (χ4v) is 5.65. The van der Waals surface area contributed by atoms with Crippen molar-refractivity contribution in [3.05, 3.63) is 94.1 Å². The lowest BCUT2D eigenvalue weighted by molar-refractivity contribution is -0.132. The first kappa shape index (κ1) is 24.7. The average Bonchev–Trinajstić information content (AvgIpc) is 3.36. The number of aryl methyl sites for hydroxylation is 3. The van der Waals surface area contributed by atoms with Crippen LogP contribution in [0.3, 0.4) is 0 Å². The Morgan fingerprint density at radius 2 is 1.70 bits per heavy atom. The van der Waals surface area contributed by atoms with Gasteiger partial charge in [-0.1, -0.05) is 41.2 Å². The minimum absolute atomic E-state index is 0.00692. The number of carbonyl (C=O) groups is 2. The minimum atomic E-state index is -0.811. The van der Waals surface area contributed by atoms with E-state index in [9.17, 15) is 14.7 Å².